The molecule has 18 heavy (non-hydrogen) atoms. The van der Waals surface area contributed by atoms with E-state index in [-0.39, 0.29) is 5.92 Å². The van der Waals surface area contributed by atoms with E-state index >= 15 is 0 Å². The molecule has 0 unspecified atom stereocenters. The number of rotatable bonds is 6. The van der Waals surface area contributed by atoms with Gasteiger partial charge in [0.1, 0.15) is 11.6 Å². The number of ether oxygens (including phenoxy) is 2. The molecule has 0 saturated carbocycles. The van der Waals surface area contributed by atoms with Crippen molar-refractivity contribution >= 4 is 0 Å². The van der Waals surface area contributed by atoms with E-state index in [1.165, 1.54) is 6.08 Å². The Morgan fingerprint density at radius 1 is 1.39 bits per heavy atom. The minimum atomic E-state index is -0.501. The summed E-state index contributed by atoms with van der Waals surface area (Å²) in [6.45, 7) is 13.4. The van der Waals surface area contributed by atoms with Gasteiger partial charge in [0.2, 0.25) is 0 Å². The lowest BCUT2D eigenvalue weighted by molar-refractivity contribution is 0.0379. The second-order valence-electron chi connectivity index (χ2n) is 5.00. The molecule has 0 aromatic rings. The summed E-state index contributed by atoms with van der Waals surface area (Å²) in [5, 5.41) is 0. The van der Waals surface area contributed by atoms with Crippen LogP contribution in [0.5, 0.6) is 0 Å². The Morgan fingerprint density at radius 2 is 2.00 bits per heavy atom. The van der Waals surface area contributed by atoms with Gasteiger partial charge < -0.3 is 9.47 Å². The molecule has 102 valence electrons. The molecule has 0 atom stereocenters. The van der Waals surface area contributed by atoms with Crippen molar-refractivity contribution in [1.29, 1.82) is 0 Å². The van der Waals surface area contributed by atoms with Crippen molar-refractivity contribution in [2.24, 2.45) is 11.8 Å². The summed E-state index contributed by atoms with van der Waals surface area (Å²) in [6, 6.07) is 0. The van der Waals surface area contributed by atoms with Crippen LogP contribution in [0.25, 0.3) is 0 Å². The smallest absolute Gasteiger partial charge is 0.125 e. The lowest BCUT2D eigenvalue weighted by Crippen LogP contribution is -2.20. The van der Waals surface area contributed by atoms with E-state index in [1.54, 1.807) is 0 Å². The number of hydrogen-bond acceptors (Lipinski definition) is 2. The molecular weight excluding hydrogens is 231 g/mol. The predicted octanol–water partition coefficient (Wildman–Crippen LogP) is 4.01. The third kappa shape index (κ3) is 5.05. The molecule has 0 aromatic carbocycles. The molecule has 1 heterocycles. The predicted molar refractivity (Wildman–Crippen MR) is 71.8 cm³/mol. The van der Waals surface area contributed by atoms with Gasteiger partial charge in [0, 0.05) is 19.3 Å². The zero-order valence-electron chi connectivity index (χ0n) is 11.4. The summed E-state index contributed by atoms with van der Waals surface area (Å²) in [7, 11) is 0. The van der Waals surface area contributed by atoms with Crippen molar-refractivity contribution in [3.05, 3.63) is 36.4 Å². The zero-order chi connectivity index (χ0) is 13.5. The molecule has 1 saturated heterocycles. The summed E-state index contributed by atoms with van der Waals surface area (Å²) >= 11 is 0. The molecule has 2 nitrogen and oxygen atoms in total. The van der Waals surface area contributed by atoms with Gasteiger partial charge in [0.15, 0.2) is 0 Å². The quantitative estimate of drug-likeness (QED) is 0.526. The fourth-order valence-electron chi connectivity index (χ4n) is 1.77. The Kier molecular flexibility index (Phi) is 6.13. The second-order valence-corrected chi connectivity index (χ2v) is 5.00. The van der Waals surface area contributed by atoms with Crippen LogP contribution in [0.1, 0.15) is 26.7 Å². The Hall–Kier alpha value is -1.09. The van der Waals surface area contributed by atoms with Crippen molar-refractivity contribution in [2.45, 2.75) is 26.7 Å². The van der Waals surface area contributed by atoms with E-state index in [1.807, 2.05) is 13.8 Å². The molecule has 0 radical (unpaired) electrons. The SMILES string of the molecule is C=C(F)/C=C(/OCC1CCOCC1)C(=C)C(C)C. The van der Waals surface area contributed by atoms with Gasteiger partial charge in [-0.3, -0.25) is 0 Å². The summed E-state index contributed by atoms with van der Waals surface area (Å²) in [4.78, 5) is 0. The third-order valence-corrected chi connectivity index (χ3v) is 3.12. The van der Waals surface area contributed by atoms with Gasteiger partial charge in [-0.15, -0.1) is 0 Å². The highest BCUT2D eigenvalue weighted by molar-refractivity contribution is 5.29. The van der Waals surface area contributed by atoms with Crippen LogP contribution >= 0.6 is 0 Å². The molecule has 0 aromatic heterocycles. The molecule has 1 aliphatic heterocycles. The summed E-state index contributed by atoms with van der Waals surface area (Å²) in [5.41, 5.74) is 0.806. The summed E-state index contributed by atoms with van der Waals surface area (Å²) in [6.07, 6.45) is 3.32. The van der Waals surface area contributed by atoms with Crippen LogP contribution in [-0.2, 0) is 9.47 Å². The average molecular weight is 254 g/mol. The van der Waals surface area contributed by atoms with Gasteiger partial charge in [-0.2, -0.15) is 0 Å². The van der Waals surface area contributed by atoms with E-state index < -0.39 is 5.83 Å². The zero-order valence-corrected chi connectivity index (χ0v) is 11.4. The molecule has 1 fully saturated rings. The molecule has 0 aliphatic carbocycles. The van der Waals surface area contributed by atoms with Gasteiger partial charge >= 0.3 is 0 Å². The Morgan fingerprint density at radius 3 is 2.50 bits per heavy atom. The highest BCUT2D eigenvalue weighted by Crippen LogP contribution is 2.23. The molecule has 1 aliphatic rings. The van der Waals surface area contributed by atoms with Gasteiger partial charge in [-0.05, 0) is 30.3 Å². The minimum Gasteiger partial charge on any atom is -0.493 e. The number of halogens is 1. The van der Waals surface area contributed by atoms with Crippen molar-refractivity contribution in [2.75, 3.05) is 19.8 Å². The van der Waals surface area contributed by atoms with Crippen LogP contribution in [0.4, 0.5) is 4.39 Å². The first-order valence-corrected chi connectivity index (χ1v) is 6.46. The fourth-order valence-corrected chi connectivity index (χ4v) is 1.77. The molecule has 0 spiro atoms. The summed E-state index contributed by atoms with van der Waals surface area (Å²) in [5.74, 6) is 0.725. The topological polar surface area (TPSA) is 18.5 Å². The molecule has 0 bridgehead atoms. The largest absolute Gasteiger partial charge is 0.493 e. The maximum Gasteiger partial charge on any atom is 0.125 e. The summed E-state index contributed by atoms with van der Waals surface area (Å²) < 4.78 is 23.9. The fraction of sp³-hybridized carbons (Fsp3) is 0.600. The van der Waals surface area contributed by atoms with Gasteiger partial charge in [-0.1, -0.05) is 27.0 Å². The first kappa shape index (κ1) is 15.0. The Labute approximate surface area is 109 Å². The first-order valence-electron chi connectivity index (χ1n) is 6.46. The van der Waals surface area contributed by atoms with E-state index in [4.69, 9.17) is 9.47 Å². The number of allylic oxidation sites excluding steroid dienone is 3. The van der Waals surface area contributed by atoms with E-state index in [0.29, 0.717) is 18.3 Å². The molecular formula is C15H23FO2. The normalized spacial score (nSPS) is 17.9. The van der Waals surface area contributed by atoms with Crippen LogP contribution in [0.2, 0.25) is 0 Å². The van der Waals surface area contributed by atoms with Crippen LogP contribution in [-0.4, -0.2) is 19.8 Å². The minimum absolute atomic E-state index is 0.227. The van der Waals surface area contributed by atoms with Crippen LogP contribution in [0.3, 0.4) is 0 Å². The Bertz CT molecular complexity index is 325. The van der Waals surface area contributed by atoms with Crippen LogP contribution in [0.15, 0.2) is 36.4 Å². The van der Waals surface area contributed by atoms with E-state index in [2.05, 4.69) is 13.2 Å². The molecule has 0 N–H and O–H groups in total. The molecule has 1 rings (SSSR count). The maximum atomic E-state index is 12.9. The van der Waals surface area contributed by atoms with Crippen molar-refractivity contribution < 1.29 is 13.9 Å². The van der Waals surface area contributed by atoms with E-state index in [0.717, 1.165) is 31.6 Å². The maximum absolute atomic E-state index is 12.9. The van der Waals surface area contributed by atoms with Gasteiger partial charge in [-0.25, -0.2) is 4.39 Å². The van der Waals surface area contributed by atoms with Gasteiger partial charge in [0.25, 0.3) is 0 Å². The van der Waals surface area contributed by atoms with E-state index in [9.17, 15) is 4.39 Å². The van der Waals surface area contributed by atoms with Crippen molar-refractivity contribution in [1.82, 2.24) is 0 Å². The Balaban J connectivity index is 2.56. The van der Waals surface area contributed by atoms with Gasteiger partial charge in [0.05, 0.1) is 6.61 Å². The third-order valence-electron chi connectivity index (χ3n) is 3.12. The van der Waals surface area contributed by atoms with Crippen LogP contribution < -0.4 is 0 Å². The average Bonchev–Trinajstić information content (AvgIpc) is 2.34. The monoisotopic (exact) mass is 254 g/mol. The lowest BCUT2D eigenvalue weighted by Gasteiger charge is -2.24. The highest BCUT2D eigenvalue weighted by atomic mass is 19.1. The first-order chi connectivity index (χ1) is 8.50. The molecule has 3 heteroatoms. The van der Waals surface area contributed by atoms with Crippen LogP contribution in [0, 0.1) is 11.8 Å². The molecule has 0 amide bonds. The van der Waals surface area contributed by atoms with Crippen molar-refractivity contribution in [3.63, 3.8) is 0 Å². The standard InChI is InChI=1S/C15H23FO2/c1-11(2)13(4)15(9-12(3)16)18-10-14-5-7-17-8-6-14/h9,11,14H,3-8,10H2,1-2H3/b15-9+. The highest BCUT2D eigenvalue weighted by Gasteiger charge is 2.16. The lowest BCUT2D eigenvalue weighted by atomic mass is 10.0. The second kappa shape index (κ2) is 7.37. The van der Waals surface area contributed by atoms with Crippen molar-refractivity contribution in [3.8, 4) is 0 Å². The number of hydrogen-bond donors (Lipinski definition) is 0.